The number of carbonyl (C=O) groups excluding carboxylic acids is 1. The number of rotatable bonds is 3. The molecule has 110 valence electrons. The molecule has 0 saturated heterocycles. The lowest BCUT2D eigenvalue weighted by Crippen LogP contribution is -2.56. The van der Waals surface area contributed by atoms with Crippen molar-refractivity contribution in [2.24, 2.45) is 0 Å². The van der Waals surface area contributed by atoms with E-state index < -0.39 is 0 Å². The van der Waals surface area contributed by atoms with Crippen LogP contribution < -0.4 is 4.90 Å². The fourth-order valence-electron chi connectivity index (χ4n) is 3.59. The van der Waals surface area contributed by atoms with Gasteiger partial charge in [0.05, 0.1) is 7.11 Å². The number of carbonyl (C=O) groups is 1. The van der Waals surface area contributed by atoms with Gasteiger partial charge in [-0.1, -0.05) is 32.0 Å². The van der Waals surface area contributed by atoms with Gasteiger partial charge in [-0.2, -0.15) is 0 Å². The molecule has 0 bridgehead atoms. The third kappa shape index (κ3) is 2.41. The Kier molecular flexibility index (Phi) is 4.07. The Balaban J connectivity index is 2.53. The highest BCUT2D eigenvalue weighted by molar-refractivity contribution is 5.81. The summed E-state index contributed by atoms with van der Waals surface area (Å²) in [7, 11) is 1.47. The molecule has 0 saturated carbocycles. The van der Waals surface area contributed by atoms with Gasteiger partial charge in [0.15, 0.2) is 0 Å². The molecular weight excluding hydrogens is 250 g/mol. The SMILES string of the molecule is CC[C@H](C(=O)OC)N1c2ccccc2[C@H](C)CC1(C)C. The molecule has 0 aromatic heterocycles. The van der Waals surface area contributed by atoms with E-state index in [2.05, 4.69) is 43.9 Å². The van der Waals surface area contributed by atoms with E-state index in [-0.39, 0.29) is 17.6 Å². The van der Waals surface area contributed by atoms with Crippen LogP contribution in [0, 0.1) is 0 Å². The lowest BCUT2D eigenvalue weighted by molar-refractivity contribution is -0.142. The van der Waals surface area contributed by atoms with E-state index in [1.165, 1.54) is 18.4 Å². The molecule has 1 aliphatic heterocycles. The number of hydrogen-bond donors (Lipinski definition) is 0. The van der Waals surface area contributed by atoms with Gasteiger partial charge in [-0.25, -0.2) is 4.79 Å². The minimum Gasteiger partial charge on any atom is -0.467 e. The number of fused-ring (bicyclic) bond motifs is 1. The van der Waals surface area contributed by atoms with Crippen LogP contribution in [0.1, 0.15) is 52.0 Å². The zero-order chi connectivity index (χ0) is 14.9. The molecule has 0 amide bonds. The summed E-state index contributed by atoms with van der Waals surface area (Å²) in [5.74, 6) is 0.359. The highest BCUT2D eigenvalue weighted by Gasteiger charge is 2.41. The Hall–Kier alpha value is -1.51. The molecule has 2 atom stereocenters. The maximum atomic E-state index is 12.2. The minimum absolute atomic E-state index is 0.0529. The van der Waals surface area contributed by atoms with Gasteiger partial charge in [0.1, 0.15) is 6.04 Å². The second kappa shape index (κ2) is 5.47. The van der Waals surface area contributed by atoms with Crippen LogP contribution in [0.3, 0.4) is 0 Å². The summed E-state index contributed by atoms with van der Waals surface area (Å²) in [6.45, 7) is 8.73. The molecule has 2 rings (SSSR count). The largest absolute Gasteiger partial charge is 0.467 e. The Morgan fingerprint density at radius 3 is 2.70 bits per heavy atom. The van der Waals surface area contributed by atoms with Crippen molar-refractivity contribution >= 4 is 11.7 Å². The summed E-state index contributed by atoms with van der Waals surface area (Å²) in [5.41, 5.74) is 2.45. The highest BCUT2D eigenvalue weighted by atomic mass is 16.5. The smallest absolute Gasteiger partial charge is 0.328 e. The van der Waals surface area contributed by atoms with E-state index in [0.717, 1.165) is 12.8 Å². The second-order valence-corrected chi connectivity index (χ2v) is 6.29. The topological polar surface area (TPSA) is 29.5 Å². The molecule has 0 N–H and O–H groups in total. The standard InChI is InChI=1S/C17H25NO2/c1-6-14(16(19)20-5)18-15-10-8-7-9-13(15)12(2)11-17(18,3)4/h7-10,12,14H,6,11H2,1-5H3/t12-,14-/m1/s1. The number of anilines is 1. The molecular formula is C17H25NO2. The lowest BCUT2D eigenvalue weighted by atomic mass is 9.79. The van der Waals surface area contributed by atoms with Crippen molar-refractivity contribution < 1.29 is 9.53 Å². The van der Waals surface area contributed by atoms with Crippen LogP contribution in [-0.2, 0) is 9.53 Å². The monoisotopic (exact) mass is 275 g/mol. The number of hydrogen-bond acceptors (Lipinski definition) is 3. The maximum Gasteiger partial charge on any atom is 0.328 e. The van der Waals surface area contributed by atoms with Crippen LogP contribution >= 0.6 is 0 Å². The first-order chi connectivity index (χ1) is 9.42. The third-order valence-electron chi connectivity index (χ3n) is 4.36. The molecule has 20 heavy (non-hydrogen) atoms. The van der Waals surface area contributed by atoms with Gasteiger partial charge in [-0.05, 0) is 44.2 Å². The predicted molar refractivity (Wildman–Crippen MR) is 82.1 cm³/mol. The zero-order valence-corrected chi connectivity index (χ0v) is 13.1. The predicted octanol–water partition coefficient (Wildman–Crippen LogP) is 3.73. The molecule has 0 aliphatic carbocycles. The van der Waals surface area contributed by atoms with Gasteiger partial charge >= 0.3 is 5.97 Å². The first-order valence-electron chi connectivity index (χ1n) is 7.38. The van der Waals surface area contributed by atoms with Gasteiger partial charge < -0.3 is 9.64 Å². The minimum atomic E-state index is -0.219. The number of ether oxygens (including phenoxy) is 1. The number of para-hydroxylation sites is 1. The van der Waals surface area contributed by atoms with Crippen molar-refractivity contribution in [3.05, 3.63) is 29.8 Å². The van der Waals surface area contributed by atoms with Crippen molar-refractivity contribution in [3.8, 4) is 0 Å². The summed E-state index contributed by atoms with van der Waals surface area (Å²) in [6, 6.07) is 8.20. The number of methoxy groups -OCH3 is 1. The van der Waals surface area contributed by atoms with E-state index in [4.69, 9.17) is 4.74 Å². The number of esters is 1. The lowest BCUT2D eigenvalue weighted by Gasteiger charge is -2.50. The van der Waals surface area contributed by atoms with E-state index in [1.54, 1.807) is 0 Å². The second-order valence-electron chi connectivity index (χ2n) is 6.29. The van der Waals surface area contributed by atoms with Crippen LogP contribution in [0.15, 0.2) is 24.3 Å². The summed E-state index contributed by atoms with van der Waals surface area (Å²) in [5, 5.41) is 0. The molecule has 3 nitrogen and oxygen atoms in total. The first kappa shape index (κ1) is 14.9. The number of benzene rings is 1. The van der Waals surface area contributed by atoms with Crippen LogP contribution in [0.2, 0.25) is 0 Å². The molecule has 0 unspecified atom stereocenters. The van der Waals surface area contributed by atoms with Crippen LogP contribution in [0.25, 0.3) is 0 Å². The molecule has 1 aliphatic rings. The molecule has 3 heteroatoms. The van der Waals surface area contributed by atoms with Crippen LogP contribution in [0.5, 0.6) is 0 Å². The Morgan fingerprint density at radius 1 is 1.45 bits per heavy atom. The van der Waals surface area contributed by atoms with E-state index in [1.807, 2.05) is 13.0 Å². The summed E-state index contributed by atoms with van der Waals surface area (Å²) in [6.07, 6.45) is 1.79. The summed E-state index contributed by atoms with van der Waals surface area (Å²) in [4.78, 5) is 14.4. The quantitative estimate of drug-likeness (QED) is 0.787. The van der Waals surface area contributed by atoms with E-state index in [9.17, 15) is 4.79 Å². The van der Waals surface area contributed by atoms with Gasteiger partial charge in [0.25, 0.3) is 0 Å². The van der Waals surface area contributed by atoms with Gasteiger partial charge in [-0.15, -0.1) is 0 Å². The van der Waals surface area contributed by atoms with Crippen molar-refractivity contribution in [1.29, 1.82) is 0 Å². The Labute approximate surface area is 121 Å². The molecule has 0 radical (unpaired) electrons. The van der Waals surface area contributed by atoms with E-state index >= 15 is 0 Å². The molecule has 1 heterocycles. The molecule has 0 fully saturated rings. The first-order valence-corrected chi connectivity index (χ1v) is 7.38. The third-order valence-corrected chi connectivity index (χ3v) is 4.36. The van der Waals surface area contributed by atoms with Crippen molar-refractivity contribution in [3.63, 3.8) is 0 Å². The van der Waals surface area contributed by atoms with Crippen molar-refractivity contribution in [2.45, 2.75) is 58.0 Å². The highest BCUT2D eigenvalue weighted by Crippen LogP contribution is 2.44. The van der Waals surface area contributed by atoms with Crippen molar-refractivity contribution in [1.82, 2.24) is 0 Å². The summed E-state index contributed by atoms with van der Waals surface area (Å²) < 4.78 is 5.01. The molecule has 0 spiro atoms. The van der Waals surface area contributed by atoms with Crippen LogP contribution in [-0.4, -0.2) is 24.7 Å². The maximum absolute atomic E-state index is 12.2. The fourth-order valence-corrected chi connectivity index (χ4v) is 3.59. The zero-order valence-electron chi connectivity index (χ0n) is 13.1. The average Bonchev–Trinajstić information content (AvgIpc) is 2.42. The van der Waals surface area contributed by atoms with Gasteiger partial charge in [0.2, 0.25) is 0 Å². The fraction of sp³-hybridized carbons (Fsp3) is 0.588. The van der Waals surface area contributed by atoms with Gasteiger partial charge in [-0.3, -0.25) is 0 Å². The molecule has 1 aromatic carbocycles. The Morgan fingerprint density at radius 2 is 2.10 bits per heavy atom. The molecule has 1 aromatic rings. The van der Waals surface area contributed by atoms with Gasteiger partial charge in [0, 0.05) is 11.2 Å². The van der Waals surface area contributed by atoms with E-state index in [0.29, 0.717) is 5.92 Å². The average molecular weight is 275 g/mol. The summed E-state index contributed by atoms with van der Waals surface area (Å²) >= 11 is 0. The Bertz CT molecular complexity index is 496. The van der Waals surface area contributed by atoms with Crippen LogP contribution in [0.4, 0.5) is 5.69 Å². The number of nitrogens with zero attached hydrogens (tertiary/aromatic N) is 1. The van der Waals surface area contributed by atoms with Crippen molar-refractivity contribution in [2.75, 3.05) is 12.0 Å². The normalized spacial score (nSPS) is 22.1.